The molecule has 1 amide bonds. The van der Waals surface area contributed by atoms with Crippen molar-refractivity contribution in [3.63, 3.8) is 0 Å². The number of carbonyl (C=O) groups excluding carboxylic acids is 1. The Bertz CT molecular complexity index is 602. The van der Waals surface area contributed by atoms with Gasteiger partial charge in [-0.1, -0.05) is 18.2 Å². The lowest BCUT2D eigenvalue weighted by atomic mass is 10.1. The zero-order valence-corrected chi connectivity index (χ0v) is 13.2. The number of nitrogens with zero attached hydrogens (tertiary/aromatic N) is 1. The summed E-state index contributed by atoms with van der Waals surface area (Å²) in [6, 6.07) is 9.32. The Labute approximate surface area is 124 Å². The summed E-state index contributed by atoms with van der Waals surface area (Å²) in [5, 5.41) is 4.01. The van der Waals surface area contributed by atoms with E-state index in [1.54, 1.807) is 11.3 Å². The Morgan fingerprint density at radius 1 is 1.20 bits per heavy atom. The zero-order valence-electron chi connectivity index (χ0n) is 12.4. The van der Waals surface area contributed by atoms with E-state index in [4.69, 9.17) is 0 Å². The molecule has 20 heavy (non-hydrogen) atoms. The number of benzene rings is 1. The highest BCUT2D eigenvalue weighted by Gasteiger charge is 2.16. The van der Waals surface area contributed by atoms with E-state index < -0.39 is 0 Å². The summed E-state index contributed by atoms with van der Waals surface area (Å²) in [7, 11) is 4.07. The first-order valence-electron chi connectivity index (χ1n) is 6.59. The average Bonchev–Trinajstić information content (AvgIpc) is 2.67. The van der Waals surface area contributed by atoms with Crippen molar-refractivity contribution in [3.05, 3.63) is 51.9 Å². The van der Waals surface area contributed by atoms with E-state index in [1.807, 2.05) is 44.4 Å². The summed E-state index contributed by atoms with van der Waals surface area (Å²) in [6.45, 7) is 5.04. The summed E-state index contributed by atoms with van der Waals surface area (Å²) in [5.74, 6) is -0.0492. The fraction of sp³-hybridized carbons (Fsp3) is 0.312. The van der Waals surface area contributed by atoms with Crippen LogP contribution in [-0.2, 0) is 6.54 Å². The molecule has 2 rings (SSSR count). The van der Waals surface area contributed by atoms with Gasteiger partial charge in [-0.25, -0.2) is 0 Å². The van der Waals surface area contributed by atoms with Gasteiger partial charge in [0.15, 0.2) is 0 Å². The molecule has 3 nitrogen and oxygen atoms in total. The van der Waals surface area contributed by atoms with Crippen molar-refractivity contribution in [1.29, 1.82) is 0 Å². The molecule has 0 radical (unpaired) electrons. The Morgan fingerprint density at radius 3 is 2.45 bits per heavy atom. The second-order valence-corrected chi connectivity index (χ2v) is 6.37. The Balaban J connectivity index is 2.25. The van der Waals surface area contributed by atoms with Crippen LogP contribution in [0.25, 0.3) is 0 Å². The van der Waals surface area contributed by atoms with Crippen molar-refractivity contribution in [1.82, 2.24) is 4.90 Å². The van der Waals surface area contributed by atoms with Crippen LogP contribution in [0.15, 0.2) is 30.3 Å². The molecule has 1 aromatic heterocycles. The molecule has 0 unspecified atom stereocenters. The largest absolute Gasteiger partial charge is 0.313 e. The molecule has 0 aliphatic carbocycles. The molecular weight excluding hydrogens is 268 g/mol. The lowest BCUT2D eigenvalue weighted by molar-refractivity contribution is 0.102. The van der Waals surface area contributed by atoms with E-state index in [9.17, 15) is 4.79 Å². The number of aryl methyl sites for hydroxylation is 1. The molecule has 4 heteroatoms. The molecule has 1 N–H and O–H groups in total. The number of hydrogen-bond acceptors (Lipinski definition) is 3. The minimum atomic E-state index is -0.0492. The van der Waals surface area contributed by atoms with E-state index in [0.29, 0.717) is 5.56 Å². The number of nitrogens with one attached hydrogen (secondary N) is 1. The maximum absolute atomic E-state index is 12.3. The fourth-order valence-corrected chi connectivity index (χ4v) is 3.11. The lowest BCUT2D eigenvalue weighted by Gasteiger charge is -2.12. The van der Waals surface area contributed by atoms with Gasteiger partial charge in [0.05, 0.1) is 0 Å². The highest BCUT2D eigenvalue weighted by atomic mass is 32.1. The van der Waals surface area contributed by atoms with Gasteiger partial charge >= 0.3 is 0 Å². The van der Waals surface area contributed by atoms with E-state index in [0.717, 1.165) is 11.5 Å². The van der Waals surface area contributed by atoms with Gasteiger partial charge in [0.2, 0.25) is 0 Å². The molecule has 106 valence electrons. The summed E-state index contributed by atoms with van der Waals surface area (Å²) >= 11 is 1.65. The maximum atomic E-state index is 12.3. The summed E-state index contributed by atoms with van der Waals surface area (Å²) in [6.07, 6.45) is 0. The second kappa shape index (κ2) is 6.20. The van der Waals surface area contributed by atoms with Crippen molar-refractivity contribution in [2.24, 2.45) is 0 Å². The number of rotatable bonds is 4. The Hall–Kier alpha value is -1.65. The first-order valence-corrected chi connectivity index (χ1v) is 7.40. The average molecular weight is 288 g/mol. The van der Waals surface area contributed by atoms with E-state index in [1.165, 1.54) is 16.0 Å². The molecule has 2 aromatic rings. The quantitative estimate of drug-likeness (QED) is 0.931. The Kier molecular flexibility index (Phi) is 4.57. The molecule has 0 bridgehead atoms. The van der Waals surface area contributed by atoms with Gasteiger partial charge in [0.25, 0.3) is 5.91 Å². The monoisotopic (exact) mass is 288 g/mol. The van der Waals surface area contributed by atoms with E-state index in [-0.39, 0.29) is 5.91 Å². The van der Waals surface area contributed by atoms with Crippen LogP contribution < -0.4 is 5.32 Å². The van der Waals surface area contributed by atoms with Crippen molar-refractivity contribution < 1.29 is 4.79 Å². The highest BCUT2D eigenvalue weighted by Crippen LogP contribution is 2.33. The van der Waals surface area contributed by atoms with Crippen molar-refractivity contribution in [3.8, 4) is 0 Å². The van der Waals surface area contributed by atoms with Gasteiger partial charge in [-0.3, -0.25) is 4.79 Å². The van der Waals surface area contributed by atoms with Gasteiger partial charge in [-0.15, -0.1) is 11.3 Å². The molecule has 0 fully saturated rings. The third kappa shape index (κ3) is 3.26. The normalized spacial score (nSPS) is 10.8. The number of amides is 1. The van der Waals surface area contributed by atoms with Crippen molar-refractivity contribution in [2.75, 3.05) is 19.4 Å². The number of thiophene rings is 1. The van der Waals surface area contributed by atoms with Crippen molar-refractivity contribution in [2.45, 2.75) is 20.4 Å². The van der Waals surface area contributed by atoms with Crippen LogP contribution in [0, 0.1) is 13.8 Å². The SMILES string of the molecule is Cc1sc(NC(=O)c2ccccc2)c(CN(C)C)c1C. The smallest absolute Gasteiger partial charge is 0.256 e. The first-order chi connectivity index (χ1) is 9.49. The first kappa shape index (κ1) is 14.8. The fourth-order valence-electron chi connectivity index (χ4n) is 2.05. The molecule has 1 heterocycles. The van der Waals surface area contributed by atoms with Crippen LogP contribution >= 0.6 is 11.3 Å². The predicted octanol–water partition coefficient (Wildman–Crippen LogP) is 3.68. The van der Waals surface area contributed by atoms with Crippen LogP contribution in [0.2, 0.25) is 0 Å². The van der Waals surface area contributed by atoms with Crippen molar-refractivity contribution >= 4 is 22.2 Å². The topological polar surface area (TPSA) is 32.3 Å². The molecule has 0 aliphatic rings. The van der Waals surface area contributed by atoms with Crippen LogP contribution in [0.3, 0.4) is 0 Å². The molecule has 0 saturated carbocycles. The maximum Gasteiger partial charge on any atom is 0.256 e. The Morgan fingerprint density at radius 2 is 1.85 bits per heavy atom. The summed E-state index contributed by atoms with van der Waals surface area (Å²) in [5.41, 5.74) is 3.17. The van der Waals surface area contributed by atoms with Crippen LogP contribution in [0.4, 0.5) is 5.00 Å². The molecule has 0 atom stereocenters. The third-order valence-electron chi connectivity index (χ3n) is 3.25. The molecule has 0 aliphatic heterocycles. The van der Waals surface area contributed by atoms with Gasteiger partial charge < -0.3 is 10.2 Å². The third-order valence-corrected chi connectivity index (χ3v) is 4.41. The molecular formula is C16H20N2OS. The standard InChI is InChI=1S/C16H20N2OS/c1-11-12(2)20-16(14(11)10-18(3)4)17-15(19)13-8-6-5-7-9-13/h5-9H,10H2,1-4H3,(H,17,19). The number of anilines is 1. The van der Waals surface area contributed by atoms with Crippen LogP contribution in [0.5, 0.6) is 0 Å². The number of carbonyl (C=O) groups is 1. The van der Waals surface area contributed by atoms with Gasteiger partial charge in [0.1, 0.15) is 5.00 Å². The second-order valence-electron chi connectivity index (χ2n) is 5.15. The highest BCUT2D eigenvalue weighted by molar-refractivity contribution is 7.16. The van der Waals surface area contributed by atoms with E-state index >= 15 is 0 Å². The molecule has 0 saturated heterocycles. The van der Waals surface area contributed by atoms with Gasteiger partial charge in [0, 0.05) is 22.5 Å². The van der Waals surface area contributed by atoms with Crippen LogP contribution in [0.1, 0.15) is 26.4 Å². The summed E-state index contributed by atoms with van der Waals surface area (Å²) in [4.78, 5) is 15.6. The van der Waals surface area contributed by atoms with E-state index in [2.05, 4.69) is 24.1 Å². The van der Waals surface area contributed by atoms with Gasteiger partial charge in [-0.2, -0.15) is 0 Å². The summed E-state index contributed by atoms with van der Waals surface area (Å²) < 4.78 is 0. The molecule has 0 spiro atoms. The van der Waals surface area contributed by atoms with Crippen LogP contribution in [-0.4, -0.2) is 24.9 Å². The minimum absolute atomic E-state index is 0.0492. The predicted molar refractivity (Wildman–Crippen MR) is 85.6 cm³/mol. The zero-order chi connectivity index (χ0) is 14.7. The minimum Gasteiger partial charge on any atom is -0.313 e. The number of hydrogen-bond donors (Lipinski definition) is 1. The van der Waals surface area contributed by atoms with Gasteiger partial charge in [-0.05, 0) is 45.6 Å². The molecule has 1 aromatic carbocycles. The lowest BCUT2D eigenvalue weighted by Crippen LogP contribution is -2.15.